The zero-order chi connectivity index (χ0) is 26.7. The monoisotopic (exact) mass is 528 g/mol. The first-order valence-corrected chi connectivity index (χ1v) is 14.8. The summed E-state index contributed by atoms with van der Waals surface area (Å²) in [6.45, 7) is 2.10. The number of aliphatic carboxylic acids is 1. The van der Waals surface area contributed by atoms with Crippen LogP contribution in [0, 0.1) is 0 Å². The van der Waals surface area contributed by atoms with Crippen LogP contribution in [0.1, 0.15) is 103 Å². The number of para-hydroxylation sites is 1. The van der Waals surface area contributed by atoms with E-state index >= 15 is 0 Å². The van der Waals surface area contributed by atoms with Gasteiger partial charge in [-0.3, -0.25) is 14.1 Å². The van der Waals surface area contributed by atoms with Gasteiger partial charge in [0.05, 0.1) is 13.0 Å². The molecule has 0 amide bonds. The lowest BCUT2D eigenvalue weighted by atomic mass is 10.0. The third-order valence-electron chi connectivity index (χ3n) is 6.09. The molecule has 2 unspecified atom stereocenters. The molecule has 1 rings (SSSR count). The predicted molar refractivity (Wildman–Crippen MR) is 140 cm³/mol. The fourth-order valence-electron chi connectivity index (χ4n) is 4.02. The molecule has 0 spiro atoms. The van der Waals surface area contributed by atoms with Gasteiger partial charge in [0.15, 0.2) is 5.25 Å². The van der Waals surface area contributed by atoms with E-state index < -0.39 is 33.7 Å². The van der Waals surface area contributed by atoms with E-state index in [1.807, 2.05) is 30.3 Å². The number of carbonyl (C=O) groups is 2. The lowest BCUT2D eigenvalue weighted by Gasteiger charge is -2.20. The van der Waals surface area contributed by atoms with E-state index in [0.29, 0.717) is 12.2 Å². The van der Waals surface area contributed by atoms with E-state index in [-0.39, 0.29) is 12.7 Å². The number of esters is 1. The fraction of sp³-hybridized carbons (Fsp3) is 0.704. The molecule has 8 nitrogen and oxygen atoms in total. The molecule has 0 aromatic heterocycles. The molecule has 0 aliphatic carbocycles. The first kappa shape index (κ1) is 31.9. The number of benzene rings is 1. The minimum absolute atomic E-state index is 0.139. The van der Waals surface area contributed by atoms with Gasteiger partial charge >= 0.3 is 11.9 Å². The third-order valence-corrected chi connectivity index (χ3v) is 7.17. The summed E-state index contributed by atoms with van der Waals surface area (Å²) in [5.41, 5.74) is 0. The second kappa shape index (κ2) is 19.0. The molecule has 0 aliphatic heterocycles. The second-order valence-electron chi connectivity index (χ2n) is 9.29. The van der Waals surface area contributed by atoms with E-state index in [2.05, 4.69) is 6.92 Å². The van der Waals surface area contributed by atoms with Crippen molar-refractivity contribution >= 4 is 22.1 Å². The Bertz CT molecular complexity index is 825. The van der Waals surface area contributed by atoms with E-state index in [1.54, 1.807) is 0 Å². The van der Waals surface area contributed by atoms with Crippen molar-refractivity contribution in [3.05, 3.63) is 30.3 Å². The van der Waals surface area contributed by atoms with Gasteiger partial charge in [-0.2, -0.15) is 8.42 Å². The van der Waals surface area contributed by atoms with Crippen molar-refractivity contribution in [2.45, 2.75) is 115 Å². The number of ether oxygens (including phenoxy) is 2. The number of unbranched alkanes of at least 4 members (excludes halogenated alkanes) is 11. The highest BCUT2D eigenvalue weighted by Crippen LogP contribution is 2.19. The summed E-state index contributed by atoms with van der Waals surface area (Å²) in [6.07, 6.45) is 14.7. The van der Waals surface area contributed by atoms with Crippen LogP contribution >= 0.6 is 0 Å². The van der Waals surface area contributed by atoms with Crippen LogP contribution in [0.3, 0.4) is 0 Å². The second-order valence-corrected chi connectivity index (χ2v) is 10.9. The summed E-state index contributed by atoms with van der Waals surface area (Å²) in [5.74, 6) is -2.11. The maximum atomic E-state index is 12.1. The summed E-state index contributed by atoms with van der Waals surface area (Å²) in [7, 11) is -4.88. The smallest absolute Gasteiger partial charge is 0.327 e. The normalized spacial score (nSPS) is 13.2. The summed E-state index contributed by atoms with van der Waals surface area (Å²) < 4.78 is 42.9. The Morgan fingerprint density at radius 1 is 0.833 bits per heavy atom. The highest BCUT2D eigenvalue weighted by atomic mass is 32.2. The predicted octanol–water partition coefficient (Wildman–Crippen LogP) is 6.19. The van der Waals surface area contributed by atoms with Gasteiger partial charge in [-0.1, -0.05) is 95.8 Å². The highest BCUT2D eigenvalue weighted by Gasteiger charge is 2.35. The molecule has 0 bridgehead atoms. The highest BCUT2D eigenvalue weighted by molar-refractivity contribution is 7.87. The van der Waals surface area contributed by atoms with Crippen molar-refractivity contribution in [2.75, 3.05) is 6.61 Å². The lowest BCUT2D eigenvalue weighted by molar-refractivity contribution is -0.147. The van der Waals surface area contributed by atoms with Gasteiger partial charge in [-0.25, -0.2) is 0 Å². The van der Waals surface area contributed by atoms with Crippen LogP contribution in [0.15, 0.2) is 30.3 Å². The molecular formula is C27H44O8S. The maximum Gasteiger partial charge on any atom is 0.327 e. The Labute approximate surface area is 216 Å². The Kier molecular flexibility index (Phi) is 16.9. The maximum absolute atomic E-state index is 12.1. The van der Waals surface area contributed by atoms with Crippen molar-refractivity contribution in [3.8, 4) is 5.75 Å². The Morgan fingerprint density at radius 2 is 1.36 bits per heavy atom. The SMILES string of the molecule is CCCCCCCCCCCCCCC(CCOC(=O)C(CC(=O)O)S(=O)(=O)O)Oc1ccccc1. The Hall–Kier alpha value is -2.13. The molecule has 0 saturated heterocycles. The standard InChI is InChI=1S/C27H44O8S/c1-2-3-4-5-6-7-8-9-10-11-12-14-19-24(35-23-17-15-13-16-18-23)20-21-34-27(30)25(22-26(28)29)36(31,32)33/h13,15-18,24-25H,2-12,14,19-22H2,1H3,(H,28,29)(H,31,32,33). The van der Waals surface area contributed by atoms with Crippen LogP contribution in [0.2, 0.25) is 0 Å². The first-order valence-electron chi connectivity index (χ1n) is 13.3. The first-order chi connectivity index (χ1) is 17.2. The van der Waals surface area contributed by atoms with Gasteiger partial charge in [-0.05, 0) is 25.0 Å². The number of carbonyl (C=O) groups excluding carboxylic acids is 1. The number of carboxylic acid groups (broad SMARTS) is 1. The number of hydrogen-bond acceptors (Lipinski definition) is 6. The van der Waals surface area contributed by atoms with E-state index in [4.69, 9.17) is 19.1 Å². The topological polar surface area (TPSA) is 127 Å². The van der Waals surface area contributed by atoms with Crippen LogP contribution in [-0.2, 0) is 24.4 Å². The van der Waals surface area contributed by atoms with Crippen molar-refractivity contribution in [2.24, 2.45) is 0 Å². The largest absolute Gasteiger partial charge is 0.490 e. The molecule has 0 radical (unpaired) electrons. The summed E-state index contributed by atoms with van der Waals surface area (Å²) in [5, 5.41) is 6.67. The molecule has 1 aromatic carbocycles. The minimum Gasteiger partial charge on any atom is -0.490 e. The molecule has 1 aromatic rings. The van der Waals surface area contributed by atoms with E-state index in [9.17, 15) is 18.0 Å². The Balaban J connectivity index is 2.38. The van der Waals surface area contributed by atoms with Crippen LogP contribution < -0.4 is 4.74 Å². The molecule has 0 heterocycles. The van der Waals surface area contributed by atoms with Gasteiger partial charge in [0.2, 0.25) is 0 Å². The third kappa shape index (κ3) is 15.8. The van der Waals surface area contributed by atoms with Crippen molar-refractivity contribution in [3.63, 3.8) is 0 Å². The molecule has 2 N–H and O–H groups in total. The van der Waals surface area contributed by atoms with Crippen LogP contribution in [0.5, 0.6) is 5.75 Å². The van der Waals surface area contributed by atoms with Gasteiger partial charge in [0.25, 0.3) is 10.1 Å². The molecule has 206 valence electrons. The Morgan fingerprint density at radius 3 is 1.86 bits per heavy atom. The zero-order valence-electron chi connectivity index (χ0n) is 21.6. The van der Waals surface area contributed by atoms with Crippen molar-refractivity contribution in [1.82, 2.24) is 0 Å². The van der Waals surface area contributed by atoms with Crippen LogP contribution in [0.4, 0.5) is 0 Å². The average Bonchev–Trinajstić information content (AvgIpc) is 2.82. The number of carboxylic acids is 1. The van der Waals surface area contributed by atoms with Crippen molar-refractivity contribution < 1.29 is 37.1 Å². The molecule has 9 heteroatoms. The molecule has 2 atom stereocenters. The average molecular weight is 529 g/mol. The summed E-state index contributed by atoms with van der Waals surface area (Å²) in [4.78, 5) is 22.9. The molecule has 0 aliphatic rings. The zero-order valence-corrected chi connectivity index (χ0v) is 22.4. The van der Waals surface area contributed by atoms with Gasteiger partial charge in [-0.15, -0.1) is 0 Å². The molecule has 36 heavy (non-hydrogen) atoms. The molecular weight excluding hydrogens is 484 g/mol. The van der Waals surface area contributed by atoms with Crippen LogP contribution in [-0.4, -0.2) is 48.0 Å². The number of rotatable bonds is 22. The lowest BCUT2D eigenvalue weighted by Crippen LogP contribution is -2.34. The minimum atomic E-state index is -4.88. The molecule has 0 saturated carbocycles. The number of hydrogen-bond donors (Lipinski definition) is 2. The summed E-state index contributed by atoms with van der Waals surface area (Å²) >= 11 is 0. The fourth-order valence-corrected chi connectivity index (χ4v) is 4.68. The van der Waals surface area contributed by atoms with E-state index in [0.717, 1.165) is 25.7 Å². The van der Waals surface area contributed by atoms with Gasteiger partial charge in [0, 0.05) is 6.42 Å². The van der Waals surface area contributed by atoms with E-state index in [1.165, 1.54) is 57.8 Å². The van der Waals surface area contributed by atoms with Crippen molar-refractivity contribution in [1.29, 1.82) is 0 Å². The molecule has 0 fully saturated rings. The van der Waals surface area contributed by atoms with Crippen LogP contribution in [0.25, 0.3) is 0 Å². The quantitative estimate of drug-likeness (QED) is 0.104. The van der Waals surface area contributed by atoms with Gasteiger partial charge < -0.3 is 14.6 Å². The van der Waals surface area contributed by atoms with Gasteiger partial charge in [0.1, 0.15) is 11.9 Å². The summed E-state index contributed by atoms with van der Waals surface area (Å²) in [6, 6.07) is 9.27.